The lowest BCUT2D eigenvalue weighted by atomic mass is 10.0. The molecule has 0 bridgehead atoms. The van der Waals surface area contributed by atoms with Gasteiger partial charge in [0, 0.05) is 16.4 Å². The number of aryl methyl sites for hydroxylation is 2. The quantitative estimate of drug-likeness (QED) is 0.775. The number of rotatable bonds is 6. The highest BCUT2D eigenvalue weighted by atomic mass is 35.5. The van der Waals surface area contributed by atoms with E-state index < -0.39 is 0 Å². The van der Waals surface area contributed by atoms with Crippen molar-refractivity contribution in [2.45, 2.75) is 33.1 Å². The number of carbonyl (C=O) groups excluding carboxylic acids is 2. The van der Waals surface area contributed by atoms with Crippen LogP contribution in [0.15, 0.2) is 42.5 Å². The molecule has 5 heteroatoms. The van der Waals surface area contributed by atoms with Crippen LogP contribution >= 0.6 is 11.6 Å². The lowest BCUT2D eigenvalue weighted by Crippen LogP contribution is -2.21. The van der Waals surface area contributed by atoms with Crippen molar-refractivity contribution in [3.8, 4) is 0 Å². The largest absolute Gasteiger partial charge is 0.326 e. The summed E-state index contributed by atoms with van der Waals surface area (Å²) in [5.41, 5.74) is 3.85. The Morgan fingerprint density at radius 3 is 2.00 bits per heavy atom. The molecule has 4 nitrogen and oxygen atoms in total. The van der Waals surface area contributed by atoms with Crippen LogP contribution in [-0.2, 0) is 22.4 Å². The Kier molecular flexibility index (Phi) is 5.62. The molecule has 1 fully saturated rings. The molecule has 0 aliphatic heterocycles. The monoisotopic (exact) mass is 370 g/mol. The first-order chi connectivity index (χ1) is 12.5. The van der Waals surface area contributed by atoms with Crippen LogP contribution in [0.3, 0.4) is 0 Å². The molecule has 3 rings (SSSR count). The van der Waals surface area contributed by atoms with E-state index in [1.54, 1.807) is 24.3 Å². The molecule has 2 amide bonds. The van der Waals surface area contributed by atoms with Crippen LogP contribution in [0.4, 0.5) is 11.4 Å². The number of hydrogen-bond donors (Lipinski definition) is 2. The first kappa shape index (κ1) is 18.5. The molecule has 1 aliphatic carbocycles. The third-order valence-corrected chi connectivity index (χ3v) is 5.07. The molecule has 0 heterocycles. The van der Waals surface area contributed by atoms with E-state index in [1.165, 1.54) is 0 Å². The van der Waals surface area contributed by atoms with Crippen LogP contribution in [0.5, 0.6) is 0 Å². The van der Waals surface area contributed by atoms with Crippen molar-refractivity contribution in [2.24, 2.45) is 11.8 Å². The van der Waals surface area contributed by atoms with Crippen LogP contribution in [0, 0.1) is 11.8 Å². The molecule has 2 aromatic carbocycles. The molecule has 2 N–H and O–H groups in total. The van der Waals surface area contributed by atoms with Gasteiger partial charge in [0.05, 0.1) is 11.8 Å². The second kappa shape index (κ2) is 7.92. The molecule has 2 atom stereocenters. The maximum Gasteiger partial charge on any atom is 0.228 e. The van der Waals surface area contributed by atoms with Gasteiger partial charge in [0.2, 0.25) is 11.8 Å². The van der Waals surface area contributed by atoms with E-state index in [0.717, 1.165) is 29.7 Å². The maximum atomic E-state index is 12.6. The Morgan fingerprint density at radius 2 is 1.46 bits per heavy atom. The van der Waals surface area contributed by atoms with Gasteiger partial charge < -0.3 is 10.6 Å². The Balaban J connectivity index is 1.62. The molecular formula is C21H23ClN2O2. The summed E-state index contributed by atoms with van der Waals surface area (Å²) in [6, 6.07) is 13.0. The van der Waals surface area contributed by atoms with Gasteiger partial charge in [0.15, 0.2) is 0 Å². The van der Waals surface area contributed by atoms with Crippen LogP contribution in [-0.4, -0.2) is 11.8 Å². The summed E-state index contributed by atoms with van der Waals surface area (Å²) >= 11 is 5.85. The average molecular weight is 371 g/mol. The number of carbonyl (C=O) groups is 2. The van der Waals surface area contributed by atoms with Crippen LogP contribution < -0.4 is 10.6 Å². The molecule has 26 heavy (non-hydrogen) atoms. The van der Waals surface area contributed by atoms with Crippen LogP contribution in [0.1, 0.15) is 31.4 Å². The van der Waals surface area contributed by atoms with Gasteiger partial charge in [-0.2, -0.15) is 0 Å². The highest BCUT2D eigenvalue weighted by molar-refractivity contribution is 6.30. The molecule has 136 valence electrons. The number of nitrogens with one attached hydrogen (secondary N) is 2. The highest BCUT2D eigenvalue weighted by Crippen LogP contribution is 2.40. The van der Waals surface area contributed by atoms with Gasteiger partial charge in [-0.15, -0.1) is 0 Å². The van der Waals surface area contributed by atoms with E-state index in [9.17, 15) is 9.59 Å². The van der Waals surface area contributed by atoms with Crippen molar-refractivity contribution in [3.63, 3.8) is 0 Å². The lowest BCUT2D eigenvalue weighted by Gasteiger charge is -2.14. The first-order valence-corrected chi connectivity index (χ1v) is 9.39. The third-order valence-electron chi connectivity index (χ3n) is 4.82. The van der Waals surface area contributed by atoms with Gasteiger partial charge in [0.1, 0.15) is 0 Å². The minimum Gasteiger partial charge on any atom is -0.326 e. The molecule has 2 unspecified atom stereocenters. The van der Waals surface area contributed by atoms with Crippen molar-refractivity contribution in [2.75, 3.05) is 10.6 Å². The predicted octanol–water partition coefficient (Wildman–Crippen LogP) is 4.68. The molecule has 2 aromatic rings. The number of halogens is 1. The van der Waals surface area contributed by atoms with Crippen LogP contribution in [0.25, 0.3) is 0 Å². The van der Waals surface area contributed by atoms with E-state index in [0.29, 0.717) is 17.1 Å². The van der Waals surface area contributed by atoms with Crippen molar-refractivity contribution < 1.29 is 9.59 Å². The SMILES string of the molecule is CCc1cccc(CC)c1NC(=O)C1CC1C(=O)Nc1ccc(Cl)cc1. The average Bonchev–Trinajstić information content (AvgIpc) is 3.45. The maximum absolute atomic E-state index is 12.6. The van der Waals surface area contributed by atoms with Crippen molar-refractivity contribution in [1.82, 2.24) is 0 Å². The van der Waals surface area contributed by atoms with Crippen molar-refractivity contribution in [3.05, 3.63) is 58.6 Å². The number of amides is 2. The minimum absolute atomic E-state index is 0.0724. The van der Waals surface area contributed by atoms with Gasteiger partial charge in [-0.3, -0.25) is 9.59 Å². The van der Waals surface area contributed by atoms with Gasteiger partial charge >= 0.3 is 0 Å². The number of benzene rings is 2. The summed E-state index contributed by atoms with van der Waals surface area (Å²) in [7, 11) is 0. The predicted molar refractivity (Wildman–Crippen MR) is 106 cm³/mol. The van der Waals surface area contributed by atoms with E-state index in [-0.39, 0.29) is 23.7 Å². The molecule has 0 radical (unpaired) electrons. The lowest BCUT2D eigenvalue weighted by molar-refractivity contribution is -0.122. The Morgan fingerprint density at radius 1 is 0.923 bits per heavy atom. The van der Waals surface area contributed by atoms with Gasteiger partial charge in [-0.25, -0.2) is 0 Å². The molecule has 1 saturated carbocycles. The van der Waals surface area contributed by atoms with E-state index in [2.05, 4.69) is 24.5 Å². The van der Waals surface area contributed by atoms with Crippen LogP contribution in [0.2, 0.25) is 5.02 Å². The van der Waals surface area contributed by atoms with E-state index >= 15 is 0 Å². The summed E-state index contributed by atoms with van der Waals surface area (Å²) in [5, 5.41) is 6.53. The zero-order valence-electron chi connectivity index (χ0n) is 15.0. The third kappa shape index (κ3) is 4.07. The minimum atomic E-state index is -0.274. The topological polar surface area (TPSA) is 58.2 Å². The fourth-order valence-electron chi connectivity index (χ4n) is 3.16. The van der Waals surface area contributed by atoms with Gasteiger partial charge in [-0.1, -0.05) is 43.6 Å². The molecular weight excluding hydrogens is 348 g/mol. The Labute approximate surface area is 158 Å². The Bertz CT molecular complexity index is 795. The summed E-state index contributed by atoms with van der Waals surface area (Å²) < 4.78 is 0. The van der Waals surface area contributed by atoms with Gasteiger partial charge in [0.25, 0.3) is 0 Å². The summed E-state index contributed by atoms with van der Waals surface area (Å²) in [6.45, 7) is 4.15. The second-order valence-corrected chi connectivity index (χ2v) is 7.03. The fraction of sp³-hybridized carbons (Fsp3) is 0.333. The number of hydrogen-bond acceptors (Lipinski definition) is 2. The highest BCUT2D eigenvalue weighted by Gasteiger charge is 2.48. The zero-order valence-corrected chi connectivity index (χ0v) is 15.8. The van der Waals surface area contributed by atoms with Gasteiger partial charge in [-0.05, 0) is 54.7 Å². The smallest absolute Gasteiger partial charge is 0.228 e. The Hall–Kier alpha value is -2.33. The normalized spacial score (nSPS) is 18.3. The molecule has 0 spiro atoms. The molecule has 0 saturated heterocycles. The number of para-hydroxylation sites is 1. The number of anilines is 2. The summed E-state index contributed by atoms with van der Waals surface area (Å²) in [4.78, 5) is 25.0. The van der Waals surface area contributed by atoms with E-state index in [4.69, 9.17) is 11.6 Å². The van der Waals surface area contributed by atoms with Crippen molar-refractivity contribution in [1.29, 1.82) is 0 Å². The van der Waals surface area contributed by atoms with E-state index in [1.807, 2.05) is 18.2 Å². The fourth-order valence-corrected chi connectivity index (χ4v) is 3.29. The molecule has 1 aliphatic rings. The van der Waals surface area contributed by atoms with Crippen molar-refractivity contribution >= 4 is 34.8 Å². The standard InChI is InChI=1S/C21H23ClN2O2/c1-3-13-6-5-7-14(4-2)19(13)24-21(26)18-12-17(18)20(25)23-16-10-8-15(22)9-11-16/h5-11,17-18H,3-4,12H2,1-2H3,(H,23,25)(H,24,26). The summed E-state index contributed by atoms with van der Waals surface area (Å²) in [6.07, 6.45) is 2.30. The first-order valence-electron chi connectivity index (χ1n) is 9.01. The molecule has 0 aromatic heterocycles. The zero-order chi connectivity index (χ0) is 18.7. The summed E-state index contributed by atoms with van der Waals surface area (Å²) in [5.74, 6) is -0.731. The second-order valence-electron chi connectivity index (χ2n) is 6.59.